The van der Waals surface area contributed by atoms with Crippen LogP contribution in [0.5, 0.6) is 11.5 Å². The molecule has 32 heavy (non-hydrogen) atoms. The third kappa shape index (κ3) is 4.11. The molecule has 1 atom stereocenters. The molecule has 0 fully saturated rings. The Kier molecular flexibility index (Phi) is 6.01. The molecule has 4 rings (SSSR count). The van der Waals surface area contributed by atoms with E-state index in [1.54, 1.807) is 12.1 Å². The molecule has 3 aromatic carbocycles. The lowest BCUT2D eigenvalue weighted by molar-refractivity contribution is -0.140. The molecule has 1 aromatic heterocycles. The van der Waals surface area contributed by atoms with Crippen molar-refractivity contribution in [3.05, 3.63) is 92.7 Å². The molecule has 1 heterocycles. The smallest absolute Gasteiger partial charge is 0.306 e. The summed E-state index contributed by atoms with van der Waals surface area (Å²) in [5.74, 6) is -1.06. The van der Waals surface area contributed by atoms with Crippen molar-refractivity contribution in [3.63, 3.8) is 0 Å². The van der Waals surface area contributed by atoms with Gasteiger partial charge in [0.05, 0.1) is 24.5 Å². The number of esters is 1. The van der Waals surface area contributed by atoms with Crippen molar-refractivity contribution in [2.24, 2.45) is 0 Å². The van der Waals surface area contributed by atoms with E-state index in [0.29, 0.717) is 16.7 Å². The quantitative estimate of drug-likeness (QED) is 0.364. The van der Waals surface area contributed by atoms with Crippen molar-refractivity contribution in [2.45, 2.75) is 12.3 Å². The Morgan fingerprint density at radius 3 is 2.38 bits per heavy atom. The number of halogens is 1. The zero-order chi connectivity index (χ0) is 22.8. The van der Waals surface area contributed by atoms with Crippen LogP contribution in [0, 0.1) is 0 Å². The van der Waals surface area contributed by atoms with Crippen LogP contribution >= 0.6 is 15.9 Å². The standard InChI is InChI=1S/C25H19BrO6/c1-31-22(29)12-19(14-2-6-16(26)7-3-14)23-21(28)11-10-18-24(30)20(13-32-25(18)23)15-4-8-17(27)9-5-15/h2-11,13,19,27-28H,12H2,1H3. The van der Waals surface area contributed by atoms with Crippen LogP contribution in [0.2, 0.25) is 0 Å². The van der Waals surface area contributed by atoms with Crippen LogP contribution in [0.1, 0.15) is 23.5 Å². The zero-order valence-corrected chi connectivity index (χ0v) is 18.6. The summed E-state index contributed by atoms with van der Waals surface area (Å²) in [4.78, 5) is 25.4. The first-order valence-corrected chi connectivity index (χ1v) is 10.6. The number of hydrogen-bond acceptors (Lipinski definition) is 6. The predicted molar refractivity (Wildman–Crippen MR) is 124 cm³/mol. The van der Waals surface area contributed by atoms with Gasteiger partial charge in [-0.05, 0) is 47.5 Å². The van der Waals surface area contributed by atoms with Crippen LogP contribution in [0.3, 0.4) is 0 Å². The molecule has 0 saturated heterocycles. The molecular formula is C25H19BrO6. The number of ether oxygens (including phenoxy) is 1. The minimum atomic E-state index is -0.595. The number of methoxy groups -OCH3 is 1. The molecule has 162 valence electrons. The van der Waals surface area contributed by atoms with Crippen LogP contribution in [-0.4, -0.2) is 23.3 Å². The Morgan fingerprint density at radius 2 is 1.72 bits per heavy atom. The van der Waals surface area contributed by atoms with Gasteiger partial charge in [0.2, 0.25) is 5.43 Å². The minimum Gasteiger partial charge on any atom is -0.508 e. The highest BCUT2D eigenvalue weighted by Crippen LogP contribution is 2.39. The normalized spacial score (nSPS) is 11.9. The summed E-state index contributed by atoms with van der Waals surface area (Å²) in [5, 5.41) is 20.5. The van der Waals surface area contributed by atoms with Gasteiger partial charge in [-0.3, -0.25) is 9.59 Å². The maximum Gasteiger partial charge on any atom is 0.306 e. The third-order valence-corrected chi connectivity index (χ3v) is 5.88. The van der Waals surface area contributed by atoms with Crippen molar-refractivity contribution >= 4 is 32.9 Å². The molecule has 7 heteroatoms. The predicted octanol–water partition coefficient (Wildman–Crippen LogP) is 5.33. The molecule has 4 aromatic rings. The molecule has 0 aliphatic carbocycles. The Labute approximate surface area is 191 Å². The summed E-state index contributed by atoms with van der Waals surface area (Å²) in [6.07, 6.45) is 1.28. The number of phenolic OH excluding ortho intramolecular Hbond substituents is 2. The van der Waals surface area contributed by atoms with Crippen LogP contribution in [0.25, 0.3) is 22.1 Å². The molecule has 0 radical (unpaired) electrons. The number of fused-ring (bicyclic) bond motifs is 1. The van der Waals surface area contributed by atoms with Gasteiger partial charge in [-0.2, -0.15) is 0 Å². The molecule has 0 spiro atoms. The van der Waals surface area contributed by atoms with Gasteiger partial charge in [0.1, 0.15) is 23.3 Å². The first kappa shape index (κ1) is 21.6. The van der Waals surface area contributed by atoms with Gasteiger partial charge >= 0.3 is 5.97 Å². The first-order valence-electron chi connectivity index (χ1n) is 9.78. The number of aromatic hydroxyl groups is 2. The van der Waals surface area contributed by atoms with E-state index in [1.807, 2.05) is 24.3 Å². The third-order valence-electron chi connectivity index (χ3n) is 5.35. The molecule has 0 aliphatic rings. The van der Waals surface area contributed by atoms with Gasteiger partial charge in [0, 0.05) is 16.0 Å². The summed E-state index contributed by atoms with van der Waals surface area (Å²) >= 11 is 3.40. The summed E-state index contributed by atoms with van der Waals surface area (Å²) in [6, 6.07) is 16.5. The lowest BCUT2D eigenvalue weighted by Crippen LogP contribution is -2.12. The second-order valence-electron chi connectivity index (χ2n) is 7.28. The SMILES string of the molecule is COC(=O)CC(c1ccc(Br)cc1)c1c(O)ccc2c(=O)c(-c3ccc(O)cc3)coc12. The number of hydrogen-bond donors (Lipinski definition) is 2. The number of carbonyl (C=O) groups excluding carboxylic acids is 1. The van der Waals surface area contributed by atoms with E-state index in [9.17, 15) is 19.8 Å². The Bertz CT molecular complexity index is 1340. The molecular weight excluding hydrogens is 476 g/mol. The highest BCUT2D eigenvalue weighted by molar-refractivity contribution is 9.10. The molecule has 0 bridgehead atoms. The highest BCUT2D eigenvalue weighted by atomic mass is 79.9. The largest absolute Gasteiger partial charge is 0.508 e. The maximum absolute atomic E-state index is 13.3. The van der Waals surface area contributed by atoms with Gasteiger partial charge in [-0.1, -0.05) is 40.2 Å². The summed E-state index contributed by atoms with van der Waals surface area (Å²) < 4.78 is 11.6. The van der Waals surface area contributed by atoms with Crippen LogP contribution in [0.4, 0.5) is 0 Å². The Balaban J connectivity index is 1.93. The molecule has 6 nitrogen and oxygen atoms in total. The number of benzene rings is 3. The van der Waals surface area contributed by atoms with E-state index >= 15 is 0 Å². The topological polar surface area (TPSA) is 97.0 Å². The first-order chi connectivity index (χ1) is 15.4. The molecule has 2 N–H and O–H groups in total. The fourth-order valence-electron chi connectivity index (χ4n) is 3.72. The van der Waals surface area contributed by atoms with Crippen molar-refractivity contribution < 1.29 is 24.2 Å². The van der Waals surface area contributed by atoms with Crippen LogP contribution < -0.4 is 5.43 Å². The monoisotopic (exact) mass is 494 g/mol. The average Bonchev–Trinajstić information content (AvgIpc) is 2.79. The highest BCUT2D eigenvalue weighted by Gasteiger charge is 2.26. The summed E-state index contributed by atoms with van der Waals surface area (Å²) in [6.45, 7) is 0. The number of rotatable bonds is 5. The Morgan fingerprint density at radius 1 is 1.03 bits per heavy atom. The second-order valence-corrected chi connectivity index (χ2v) is 8.20. The maximum atomic E-state index is 13.3. The van der Waals surface area contributed by atoms with Crippen LogP contribution in [0.15, 0.2) is 80.6 Å². The van der Waals surface area contributed by atoms with Crippen molar-refractivity contribution in [1.82, 2.24) is 0 Å². The summed E-state index contributed by atoms with van der Waals surface area (Å²) in [5.41, 5.74) is 1.92. The van der Waals surface area contributed by atoms with Crippen molar-refractivity contribution in [3.8, 4) is 22.6 Å². The van der Waals surface area contributed by atoms with Gasteiger partial charge < -0.3 is 19.4 Å². The van der Waals surface area contributed by atoms with E-state index in [4.69, 9.17) is 9.15 Å². The van der Waals surface area contributed by atoms with Crippen LogP contribution in [-0.2, 0) is 9.53 Å². The van der Waals surface area contributed by atoms with Gasteiger partial charge in [0.15, 0.2) is 0 Å². The molecule has 0 aliphatic heterocycles. The second kappa shape index (κ2) is 8.88. The number of phenols is 2. The lowest BCUT2D eigenvalue weighted by Gasteiger charge is -2.19. The van der Waals surface area contributed by atoms with Gasteiger partial charge in [-0.25, -0.2) is 0 Å². The fourth-order valence-corrected chi connectivity index (χ4v) is 3.98. The van der Waals surface area contributed by atoms with E-state index in [2.05, 4.69) is 15.9 Å². The van der Waals surface area contributed by atoms with Gasteiger partial charge in [-0.15, -0.1) is 0 Å². The molecule has 0 amide bonds. The molecule has 1 unspecified atom stereocenters. The van der Waals surface area contributed by atoms with E-state index < -0.39 is 11.9 Å². The van der Waals surface area contributed by atoms with E-state index in [-0.39, 0.29) is 34.3 Å². The fraction of sp³-hybridized carbons (Fsp3) is 0.120. The lowest BCUT2D eigenvalue weighted by atomic mass is 9.86. The van der Waals surface area contributed by atoms with Crippen molar-refractivity contribution in [2.75, 3.05) is 7.11 Å². The van der Waals surface area contributed by atoms with E-state index in [0.717, 1.165) is 10.0 Å². The summed E-state index contributed by atoms with van der Waals surface area (Å²) in [7, 11) is 1.30. The van der Waals surface area contributed by atoms with Crippen molar-refractivity contribution in [1.29, 1.82) is 0 Å². The Hall–Kier alpha value is -3.58. The number of carbonyl (C=O) groups is 1. The zero-order valence-electron chi connectivity index (χ0n) is 17.0. The minimum absolute atomic E-state index is 0.0474. The molecule has 0 saturated carbocycles. The van der Waals surface area contributed by atoms with Gasteiger partial charge in [0.25, 0.3) is 0 Å². The van der Waals surface area contributed by atoms with E-state index in [1.165, 1.54) is 37.6 Å². The average molecular weight is 495 g/mol.